The average Bonchev–Trinajstić information content (AvgIpc) is 2.33. The Morgan fingerprint density at radius 3 is 2.58 bits per heavy atom. The summed E-state index contributed by atoms with van der Waals surface area (Å²) in [5.74, 6) is 0. The average molecular weight is 279 g/mol. The highest BCUT2D eigenvalue weighted by molar-refractivity contribution is 7.84. The zero-order chi connectivity index (χ0) is 13.9. The zero-order valence-electron chi connectivity index (χ0n) is 11.5. The van der Waals surface area contributed by atoms with E-state index in [0.717, 1.165) is 12.8 Å². The third kappa shape index (κ3) is 4.00. The molecule has 1 aromatic rings. The molecule has 3 nitrogen and oxygen atoms in total. The molecule has 1 aliphatic carbocycles. The van der Waals surface area contributed by atoms with Crippen molar-refractivity contribution in [2.75, 3.05) is 0 Å². The summed E-state index contributed by atoms with van der Waals surface area (Å²) in [7, 11) is -1.33. The van der Waals surface area contributed by atoms with Crippen LogP contribution in [0.4, 0.5) is 0 Å². The summed E-state index contributed by atoms with van der Waals surface area (Å²) in [5.41, 5.74) is 2.49. The van der Waals surface area contributed by atoms with Crippen LogP contribution in [0.3, 0.4) is 0 Å². The Hall–Kier alpha value is -0.970. The summed E-state index contributed by atoms with van der Waals surface area (Å²) < 4.78 is 16.7. The Morgan fingerprint density at radius 1 is 1.37 bits per heavy atom. The molecule has 1 aliphatic rings. The standard InChI is InChI=1S/C15H21NO2S/c1-15(2,19(16)17)10-13-8-14(9-13)18-11-12-6-4-3-5-7-12/h3-7,10,14H,8-9,11,16H2,1-2H3. The molecule has 1 saturated carbocycles. The van der Waals surface area contributed by atoms with Gasteiger partial charge < -0.3 is 4.74 Å². The molecule has 2 N–H and O–H groups in total. The van der Waals surface area contributed by atoms with Gasteiger partial charge in [-0.15, -0.1) is 0 Å². The Balaban J connectivity index is 1.78. The topological polar surface area (TPSA) is 52.3 Å². The second-order valence-corrected chi connectivity index (χ2v) is 7.18. The summed E-state index contributed by atoms with van der Waals surface area (Å²) >= 11 is 0. The summed E-state index contributed by atoms with van der Waals surface area (Å²) in [6, 6.07) is 10.2. The van der Waals surface area contributed by atoms with Gasteiger partial charge in [-0.25, -0.2) is 4.21 Å². The van der Waals surface area contributed by atoms with Crippen molar-refractivity contribution in [1.29, 1.82) is 0 Å². The molecular weight excluding hydrogens is 258 g/mol. The van der Waals surface area contributed by atoms with Crippen LogP contribution in [0.5, 0.6) is 0 Å². The molecule has 0 aliphatic heterocycles. The van der Waals surface area contributed by atoms with E-state index < -0.39 is 15.7 Å². The van der Waals surface area contributed by atoms with Gasteiger partial charge in [0.25, 0.3) is 0 Å². The van der Waals surface area contributed by atoms with Crippen LogP contribution in [0, 0.1) is 0 Å². The number of nitrogens with two attached hydrogens (primary N) is 1. The monoisotopic (exact) mass is 279 g/mol. The predicted octanol–water partition coefficient (Wildman–Crippen LogP) is 2.69. The van der Waals surface area contributed by atoms with Crippen molar-refractivity contribution in [3.63, 3.8) is 0 Å². The van der Waals surface area contributed by atoms with Crippen LogP contribution in [-0.2, 0) is 22.3 Å². The lowest BCUT2D eigenvalue weighted by atomic mass is 9.86. The highest BCUT2D eigenvalue weighted by Crippen LogP contribution is 2.32. The molecular formula is C15H21NO2S. The van der Waals surface area contributed by atoms with Crippen LogP contribution < -0.4 is 5.14 Å². The normalized spacial score (nSPS) is 20.8. The molecule has 1 fully saturated rings. The van der Waals surface area contributed by atoms with Gasteiger partial charge in [0.15, 0.2) is 0 Å². The fraction of sp³-hybridized carbons (Fsp3) is 0.467. The molecule has 0 aromatic heterocycles. The van der Waals surface area contributed by atoms with E-state index >= 15 is 0 Å². The third-order valence-electron chi connectivity index (χ3n) is 3.38. The van der Waals surface area contributed by atoms with Gasteiger partial charge in [-0.3, -0.25) is 5.14 Å². The molecule has 4 heteroatoms. The molecule has 0 saturated heterocycles. The van der Waals surface area contributed by atoms with E-state index in [4.69, 9.17) is 9.88 Å². The van der Waals surface area contributed by atoms with Gasteiger partial charge in [0.1, 0.15) is 0 Å². The van der Waals surface area contributed by atoms with E-state index in [-0.39, 0.29) is 6.10 Å². The number of hydrogen-bond donors (Lipinski definition) is 1. The first-order valence-electron chi connectivity index (χ1n) is 6.50. The number of rotatable bonds is 5. The second-order valence-electron chi connectivity index (χ2n) is 5.53. The smallest absolute Gasteiger partial charge is 0.0984 e. The van der Waals surface area contributed by atoms with E-state index in [1.54, 1.807) is 0 Å². The maximum Gasteiger partial charge on any atom is 0.0984 e. The van der Waals surface area contributed by atoms with Crippen molar-refractivity contribution < 1.29 is 8.95 Å². The molecule has 104 valence electrons. The van der Waals surface area contributed by atoms with Crippen molar-refractivity contribution in [1.82, 2.24) is 0 Å². The number of hydrogen-bond acceptors (Lipinski definition) is 2. The largest absolute Gasteiger partial charge is 0.373 e. The van der Waals surface area contributed by atoms with E-state index in [1.165, 1.54) is 11.1 Å². The van der Waals surface area contributed by atoms with Gasteiger partial charge in [0.2, 0.25) is 0 Å². The fourth-order valence-electron chi connectivity index (χ4n) is 2.10. The van der Waals surface area contributed by atoms with Crippen LogP contribution in [-0.4, -0.2) is 15.1 Å². The SMILES string of the molecule is CC(C)(C=C1CC(OCc2ccccc2)C1)S(N)=O. The van der Waals surface area contributed by atoms with Gasteiger partial charge in [0.05, 0.1) is 28.4 Å². The van der Waals surface area contributed by atoms with Gasteiger partial charge in [-0.2, -0.15) is 0 Å². The molecule has 0 spiro atoms. The zero-order valence-corrected chi connectivity index (χ0v) is 12.3. The first-order chi connectivity index (χ1) is 8.97. The first kappa shape index (κ1) is 14.4. The van der Waals surface area contributed by atoms with Crippen LogP contribution >= 0.6 is 0 Å². The van der Waals surface area contributed by atoms with E-state index in [2.05, 4.69) is 12.1 Å². The minimum absolute atomic E-state index is 0.286. The summed E-state index contributed by atoms with van der Waals surface area (Å²) in [6.45, 7) is 4.45. The Labute approximate surface area is 117 Å². The van der Waals surface area contributed by atoms with Crippen LogP contribution in [0.25, 0.3) is 0 Å². The third-order valence-corrected chi connectivity index (χ3v) is 4.53. The number of benzene rings is 1. The maximum atomic E-state index is 11.3. The van der Waals surface area contributed by atoms with Gasteiger partial charge in [0, 0.05) is 0 Å². The molecule has 1 unspecified atom stereocenters. The van der Waals surface area contributed by atoms with Gasteiger partial charge in [-0.05, 0) is 32.3 Å². The Kier molecular flexibility index (Phi) is 4.55. The molecule has 0 radical (unpaired) electrons. The Bertz CT molecular complexity index is 474. The highest BCUT2D eigenvalue weighted by atomic mass is 32.2. The number of ether oxygens (including phenoxy) is 1. The maximum absolute atomic E-state index is 11.3. The van der Waals surface area contributed by atoms with Gasteiger partial charge in [-0.1, -0.05) is 42.0 Å². The lowest BCUT2D eigenvalue weighted by Gasteiger charge is -2.31. The first-order valence-corrected chi connectivity index (χ1v) is 7.71. The van der Waals surface area contributed by atoms with E-state index in [0.29, 0.717) is 6.61 Å². The van der Waals surface area contributed by atoms with E-state index in [9.17, 15) is 4.21 Å². The summed E-state index contributed by atoms with van der Waals surface area (Å²) in [6.07, 6.45) is 4.17. The lowest BCUT2D eigenvalue weighted by molar-refractivity contribution is 0.0161. The van der Waals surface area contributed by atoms with Crippen molar-refractivity contribution in [2.24, 2.45) is 5.14 Å². The molecule has 2 rings (SSSR count). The van der Waals surface area contributed by atoms with Crippen molar-refractivity contribution in [3.8, 4) is 0 Å². The molecule has 1 atom stereocenters. The summed E-state index contributed by atoms with van der Waals surface area (Å²) in [4.78, 5) is 0. The van der Waals surface area contributed by atoms with Crippen LogP contribution in [0.1, 0.15) is 32.3 Å². The van der Waals surface area contributed by atoms with Crippen LogP contribution in [0.15, 0.2) is 42.0 Å². The van der Waals surface area contributed by atoms with Crippen molar-refractivity contribution in [2.45, 2.75) is 44.1 Å². The molecule has 1 aromatic carbocycles. The summed E-state index contributed by atoms with van der Waals surface area (Å²) in [5, 5.41) is 5.46. The van der Waals surface area contributed by atoms with Crippen molar-refractivity contribution in [3.05, 3.63) is 47.5 Å². The second kappa shape index (κ2) is 5.99. The predicted molar refractivity (Wildman–Crippen MR) is 78.7 cm³/mol. The fourth-order valence-corrected chi connectivity index (χ4v) is 2.38. The van der Waals surface area contributed by atoms with Crippen LogP contribution in [0.2, 0.25) is 0 Å². The Morgan fingerprint density at radius 2 is 2.00 bits per heavy atom. The van der Waals surface area contributed by atoms with Gasteiger partial charge >= 0.3 is 0 Å². The highest BCUT2D eigenvalue weighted by Gasteiger charge is 2.28. The quantitative estimate of drug-likeness (QED) is 0.843. The molecule has 0 heterocycles. The lowest BCUT2D eigenvalue weighted by Crippen LogP contribution is -2.33. The molecule has 19 heavy (non-hydrogen) atoms. The van der Waals surface area contributed by atoms with E-state index in [1.807, 2.05) is 38.1 Å². The minimum atomic E-state index is -1.33. The molecule has 0 bridgehead atoms. The minimum Gasteiger partial charge on any atom is -0.373 e. The molecule has 0 amide bonds. The van der Waals surface area contributed by atoms with Crippen molar-refractivity contribution >= 4 is 11.0 Å².